The fourth-order valence-electron chi connectivity index (χ4n) is 3.33. The minimum Gasteiger partial charge on any atom is -0.337 e. The number of aromatic nitrogens is 4. The molecule has 4 rings (SSSR count). The zero-order valence-electron chi connectivity index (χ0n) is 13.1. The van der Waals surface area contributed by atoms with Crippen molar-refractivity contribution in [2.45, 2.75) is 38.1 Å². The first-order valence-corrected chi connectivity index (χ1v) is 8.37. The lowest BCUT2D eigenvalue weighted by Crippen LogP contribution is -2.38. The van der Waals surface area contributed by atoms with Crippen molar-refractivity contribution in [2.75, 3.05) is 13.1 Å². The topological polar surface area (TPSA) is 63.9 Å². The van der Waals surface area contributed by atoms with E-state index in [1.807, 2.05) is 11.1 Å². The van der Waals surface area contributed by atoms with E-state index in [1.165, 1.54) is 24.9 Å². The molecule has 0 spiro atoms. The number of carbonyl (C=O) groups is 1. The molecule has 3 heterocycles. The minimum atomic E-state index is -0.0159. The molecule has 1 amide bonds. The molecule has 6 nitrogen and oxygen atoms in total. The SMILES string of the molecule is O=C(c1cnccn1)N1CCC(c2nccn2CC2CC2)CC1. The van der Waals surface area contributed by atoms with E-state index in [-0.39, 0.29) is 5.91 Å². The van der Waals surface area contributed by atoms with Crippen LogP contribution in [0.4, 0.5) is 0 Å². The lowest BCUT2D eigenvalue weighted by atomic mass is 9.95. The number of nitrogens with zero attached hydrogens (tertiary/aromatic N) is 5. The zero-order chi connectivity index (χ0) is 15.6. The molecule has 0 bridgehead atoms. The van der Waals surface area contributed by atoms with Crippen LogP contribution in [0.2, 0.25) is 0 Å². The summed E-state index contributed by atoms with van der Waals surface area (Å²) in [6.07, 6.45) is 13.3. The van der Waals surface area contributed by atoms with Crippen LogP contribution in [0, 0.1) is 5.92 Å². The van der Waals surface area contributed by atoms with Crippen molar-refractivity contribution in [1.82, 2.24) is 24.4 Å². The molecule has 120 valence electrons. The Morgan fingerprint density at radius 3 is 2.61 bits per heavy atom. The number of rotatable bonds is 4. The normalized spacial score (nSPS) is 19.0. The summed E-state index contributed by atoms with van der Waals surface area (Å²) in [5.74, 6) is 2.48. The monoisotopic (exact) mass is 311 g/mol. The van der Waals surface area contributed by atoms with E-state index in [2.05, 4.69) is 25.7 Å². The first-order chi connectivity index (χ1) is 11.3. The fourth-order valence-corrected chi connectivity index (χ4v) is 3.33. The largest absolute Gasteiger partial charge is 0.337 e. The Kier molecular flexibility index (Phi) is 3.81. The Hall–Kier alpha value is -2.24. The van der Waals surface area contributed by atoms with Crippen molar-refractivity contribution in [3.63, 3.8) is 0 Å². The summed E-state index contributed by atoms with van der Waals surface area (Å²) in [5.41, 5.74) is 0.432. The summed E-state index contributed by atoms with van der Waals surface area (Å²) >= 11 is 0. The average Bonchev–Trinajstić information content (AvgIpc) is 3.31. The Bertz CT molecular complexity index is 671. The zero-order valence-corrected chi connectivity index (χ0v) is 13.1. The average molecular weight is 311 g/mol. The van der Waals surface area contributed by atoms with Gasteiger partial charge in [0.1, 0.15) is 11.5 Å². The van der Waals surface area contributed by atoms with E-state index < -0.39 is 0 Å². The number of amides is 1. The van der Waals surface area contributed by atoms with Crippen molar-refractivity contribution in [1.29, 1.82) is 0 Å². The molecule has 0 atom stereocenters. The number of hydrogen-bond donors (Lipinski definition) is 0. The highest BCUT2D eigenvalue weighted by molar-refractivity contribution is 5.92. The highest BCUT2D eigenvalue weighted by Gasteiger charge is 2.29. The molecule has 1 aliphatic carbocycles. The van der Waals surface area contributed by atoms with Gasteiger partial charge in [-0.2, -0.15) is 0 Å². The van der Waals surface area contributed by atoms with Crippen LogP contribution in [0.25, 0.3) is 0 Å². The second-order valence-corrected chi connectivity index (χ2v) is 6.54. The third-order valence-corrected chi connectivity index (χ3v) is 4.83. The Labute approximate surface area is 135 Å². The molecule has 0 radical (unpaired) electrons. The van der Waals surface area contributed by atoms with E-state index in [0.29, 0.717) is 11.6 Å². The molecule has 0 aromatic carbocycles. The molecule has 1 aliphatic heterocycles. The quantitative estimate of drug-likeness (QED) is 0.867. The van der Waals surface area contributed by atoms with Gasteiger partial charge in [-0.1, -0.05) is 0 Å². The van der Waals surface area contributed by atoms with Gasteiger partial charge in [0.05, 0.1) is 6.20 Å². The smallest absolute Gasteiger partial charge is 0.274 e. The third kappa shape index (κ3) is 3.11. The van der Waals surface area contributed by atoms with Gasteiger partial charge in [-0.05, 0) is 31.6 Å². The number of carbonyl (C=O) groups excluding carboxylic acids is 1. The lowest BCUT2D eigenvalue weighted by molar-refractivity contribution is 0.0704. The summed E-state index contributed by atoms with van der Waals surface area (Å²) in [4.78, 5) is 27.0. The van der Waals surface area contributed by atoms with Gasteiger partial charge in [0, 0.05) is 50.3 Å². The predicted octanol–water partition coefficient (Wildman–Crippen LogP) is 2.10. The van der Waals surface area contributed by atoms with Gasteiger partial charge in [0.2, 0.25) is 0 Å². The van der Waals surface area contributed by atoms with Crippen LogP contribution in [0.5, 0.6) is 0 Å². The van der Waals surface area contributed by atoms with E-state index in [1.54, 1.807) is 12.4 Å². The van der Waals surface area contributed by atoms with Gasteiger partial charge in [0.15, 0.2) is 0 Å². The van der Waals surface area contributed by atoms with Crippen LogP contribution >= 0.6 is 0 Å². The highest BCUT2D eigenvalue weighted by atomic mass is 16.2. The Morgan fingerprint density at radius 2 is 1.91 bits per heavy atom. The maximum Gasteiger partial charge on any atom is 0.274 e. The van der Waals surface area contributed by atoms with Crippen molar-refractivity contribution >= 4 is 5.91 Å². The van der Waals surface area contributed by atoms with E-state index >= 15 is 0 Å². The maximum atomic E-state index is 12.4. The van der Waals surface area contributed by atoms with Gasteiger partial charge in [-0.3, -0.25) is 9.78 Å². The molecule has 2 aromatic rings. The second kappa shape index (κ2) is 6.10. The van der Waals surface area contributed by atoms with Crippen LogP contribution in [0.3, 0.4) is 0 Å². The molecule has 2 fully saturated rings. The summed E-state index contributed by atoms with van der Waals surface area (Å²) in [5, 5.41) is 0. The van der Waals surface area contributed by atoms with E-state index in [4.69, 9.17) is 0 Å². The van der Waals surface area contributed by atoms with Crippen LogP contribution in [-0.4, -0.2) is 43.4 Å². The van der Waals surface area contributed by atoms with E-state index in [9.17, 15) is 4.79 Å². The molecule has 2 aromatic heterocycles. The number of hydrogen-bond acceptors (Lipinski definition) is 4. The summed E-state index contributed by atoms with van der Waals surface area (Å²) < 4.78 is 2.32. The summed E-state index contributed by atoms with van der Waals surface area (Å²) in [6, 6.07) is 0. The third-order valence-electron chi connectivity index (χ3n) is 4.83. The second-order valence-electron chi connectivity index (χ2n) is 6.54. The molecule has 0 N–H and O–H groups in total. The predicted molar refractivity (Wildman–Crippen MR) is 84.9 cm³/mol. The standard InChI is InChI=1S/C17H21N5O/c23-17(15-11-18-5-6-19-15)21-8-3-14(4-9-21)16-20-7-10-22(16)12-13-1-2-13/h5-7,10-11,13-14H,1-4,8-9,12H2. The molecule has 23 heavy (non-hydrogen) atoms. The van der Waals surface area contributed by atoms with Gasteiger partial charge < -0.3 is 9.47 Å². The summed E-state index contributed by atoms with van der Waals surface area (Å²) in [7, 11) is 0. The molecule has 1 saturated carbocycles. The molecular formula is C17H21N5O. The Balaban J connectivity index is 1.39. The fraction of sp³-hybridized carbons (Fsp3) is 0.529. The summed E-state index contributed by atoms with van der Waals surface area (Å²) in [6.45, 7) is 2.63. The molecular weight excluding hydrogens is 290 g/mol. The number of imidazole rings is 1. The van der Waals surface area contributed by atoms with Gasteiger partial charge in [-0.25, -0.2) is 9.97 Å². The van der Waals surface area contributed by atoms with Crippen molar-refractivity contribution in [3.8, 4) is 0 Å². The van der Waals surface area contributed by atoms with Gasteiger partial charge in [0.25, 0.3) is 5.91 Å². The number of piperidine rings is 1. The molecule has 1 saturated heterocycles. The van der Waals surface area contributed by atoms with E-state index in [0.717, 1.165) is 38.4 Å². The van der Waals surface area contributed by atoms with Gasteiger partial charge in [-0.15, -0.1) is 0 Å². The molecule has 0 unspecified atom stereocenters. The Morgan fingerprint density at radius 1 is 1.09 bits per heavy atom. The van der Waals surface area contributed by atoms with Crippen LogP contribution in [0.15, 0.2) is 31.0 Å². The van der Waals surface area contributed by atoms with Crippen molar-refractivity contribution < 1.29 is 4.79 Å². The first-order valence-electron chi connectivity index (χ1n) is 8.37. The van der Waals surface area contributed by atoms with Crippen molar-refractivity contribution in [2.24, 2.45) is 5.92 Å². The lowest BCUT2D eigenvalue weighted by Gasteiger charge is -2.31. The highest BCUT2D eigenvalue weighted by Crippen LogP contribution is 2.33. The molecule has 6 heteroatoms. The van der Waals surface area contributed by atoms with Gasteiger partial charge >= 0.3 is 0 Å². The molecule has 2 aliphatic rings. The number of likely N-dealkylation sites (tertiary alicyclic amines) is 1. The minimum absolute atomic E-state index is 0.0159. The van der Waals surface area contributed by atoms with Crippen LogP contribution < -0.4 is 0 Å². The van der Waals surface area contributed by atoms with Crippen LogP contribution in [0.1, 0.15) is 47.9 Å². The first kappa shape index (κ1) is 14.4. The maximum absolute atomic E-state index is 12.4. The van der Waals surface area contributed by atoms with Crippen molar-refractivity contribution in [3.05, 3.63) is 42.5 Å². The van der Waals surface area contributed by atoms with Crippen LogP contribution in [-0.2, 0) is 6.54 Å².